The summed E-state index contributed by atoms with van der Waals surface area (Å²) in [4.78, 5) is 64.0. The van der Waals surface area contributed by atoms with E-state index in [2.05, 4.69) is 29.2 Å². The molecule has 4 aliphatic carbocycles. The maximum Gasteiger partial charge on any atom is 0.408 e. The van der Waals surface area contributed by atoms with Crippen molar-refractivity contribution in [3.05, 3.63) is 66.5 Å². The van der Waals surface area contributed by atoms with Gasteiger partial charge < -0.3 is 29.7 Å². The number of alkyl carbamates (subject to hydrolysis) is 1. The fourth-order valence-corrected chi connectivity index (χ4v) is 11.8. The molecule has 1 aromatic heterocycles. The molecule has 0 bridgehead atoms. The summed E-state index contributed by atoms with van der Waals surface area (Å²) in [5.74, 6) is -0.558. The van der Waals surface area contributed by atoms with Crippen molar-refractivity contribution >= 4 is 44.6 Å². The molecule has 0 radical (unpaired) electrons. The number of sulfonamides is 1. The van der Waals surface area contributed by atoms with Gasteiger partial charge in [-0.05, 0) is 142 Å². The minimum atomic E-state index is -4.04. The van der Waals surface area contributed by atoms with Crippen molar-refractivity contribution in [3.8, 4) is 22.9 Å². The number of pyridine rings is 1. The van der Waals surface area contributed by atoms with Crippen molar-refractivity contribution in [1.82, 2.24) is 25.2 Å². The second kappa shape index (κ2) is 20.4. The maximum atomic E-state index is 15.1. The third-order valence-corrected chi connectivity index (χ3v) is 17.2. The lowest BCUT2D eigenvalue weighted by Gasteiger charge is -2.33. The first-order valence-corrected chi connectivity index (χ1v) is 26.2. The third kappa shape index (κ3) is 10.5. The molecular formula is C52H76FN5O9S. The number of allylic oxidation sites excluding steroid dienone is 1. The Bertz CT molecular complexity index is 2510. The Morgan fingerprint density at radius 3 is 2.29 bits per heavy atom. The molecule has 2 aliphatic heterocycles. The minimum Gasteiger partial charge on any atom is -0.497 e. The van der Waals surface area contributed by atoms with Gasteiger partial charge in [-0.3, -0.25) is 19.1 Å². The van der Waals surface area contributed by atoms with Crippen LogP contribution >= 0.6 is 0 Å². The number of fused-ring (bicyclic) bond motifs is 4. The summed E-state index contributed by atoms with van der Waals surface area (Å²) < 4.78 is 60.0. The van der Waals surface area contributed by atoms with Gasteiger partial charge in [0.05, 0.1) is 24.1 Å². The summed E-state index contributed by atoms with van der Waals surface area (Å²) in [7, 11) is -2.48. The van der Waals surface area contributed by atoms with E-state index in [0.717, 1.165) is 24.6 Å². The summed E-state index contributed by atoms with van der Waals surface area (Å²) in [5, 5.41) is 7.21. The van der Waals surface area contributed by atoms with Gasteiger partial charge in [-0.1, -0.05) is 60.6 Å². The van der Waals surface area contributed by atoms with E-state index in [0.29, 0.717) is 65.8 Å². The van der Waals surface area contributed by atoms with Gasteiger partial charge in [0.15, 0.2) is 0 Å². The number of benzene rings is 2. The average molecular weight is 966 g/mol. The molecule has 9 atom stereocenters. The molecule has 4 amide bonds. The SMILES string of the molecule is CC.CC.COc1ccc2c(O[C@@H]3C[C@H]4C(=O)N[C@]5(C(=O)NS(=O)(=O)C6(C)CC6)C[C@H]5/C=C\CC[C@H](C)C[C@@H](C)[C@H](NC(=O)OC5CC6C(C)C6C5)C(=O)N4C3)nc(-c3ccc(F)cc3)cc2c1.[HH].[HH].[HH]. The van der Waals surface area contributed by atoms with Gasteiger partial charge in [0.1, 0.15) is 41.4 Å². The van der Waals surface area contributed by atoms with Crippen molar-refractivity contribution in [2.24, 2.45) is 35.5 Å². The lowest BCUT2D eigenvalue weighted by Crippen LogP contribution is -2.59. The molecule has 2 unspecified atom stereocenters. The Hall–Kier alpha value is -5.25. The zero-order valence-corrected chi connectivity index (χ0v) is 41.8. The number of methoxy groups -OCH3 is 1. The zero-order chi connectivity index (χ0) is 49.3. The molecule has 14 nitrogen and oxygen atoms in total. The van der Waals surface area contributed by atoms with Crippen LogP contribution in [0.4, 0.5) is 9.18 Å². The summed E-state index contributed by atoms with van der Waals surface area (Å²) in [6, 6.07) is 10.9. The number of rotatable bonds is 9. The summed E-state index contributed by atoms with van der Waals surface area (Å²) in [6.45, 7) is 15.7. The van der Waals surface area contributed by atoms with E-state index in [4.69, 9.17) is 19.2 Å². The van der Waals surface area contributed by atoms with Crippen LogP contribution in [-0.2, 0) is 29.1 Å². The monoisotopic (exact) mass is 966 g/mol. The molecule has 3 N–H and O–H groups in total. The Kier molecular flexibility index (Phi) is 15.2. The molecule has 3 heterocycles. The molecular weight excluding hydrogens is 890 g/mol. The highest BCUT2D eigenvalue weighted by Gasteiger charge is 2.63. The van der Waals surface area contributed by atoms with Crippen LogP contribution in [0.15, 0.2) is 60.7 Å². The van der Waals surface area contributed by atoms with Gasteiger partial charge in [-0.25, -0.2) is 22.6 Å². The molecule has 6 aliphatic rings. The molecule has 2 aromatic carbocycles. The number of halogens is 1. The second-order valence-electron chi connectivity index (χ2n) is 19.7. The standard InChI is InChI=1S/C48H58FN5O9S.2C2H6.3H2/c1-26-8-6-7-9-31-24-48(31,45(57)53-64(59,60)47(4)16-17-47)52-42(55)40-23-35(25-54(40)44(56)41(27(2)18-26)51-46(58)63-34-21-37-28(3)38(37)22-34)62-43-36-15-14-33(61-5)19-30(36)20-39(50-43)29-10-12-32(49)13-11-29;2*1-2;;;/h7,9-15,19-20,26-28,31,34-35,37-38,40-41H,6,8,16-18,21-25H2,1-5H3,(H,51,58)(H,52,55)(H,53,57);2*1-2H3;3*1H/b9-7-;;;;;/t26-,27+,28?,31+,34?,35+,37?,38?,40-,41-,48+;;;;;/m0...../s1. The highest BCUT2D eigenvalue weighted by molar-refractivity contribution is 7.91. The maximum absolute atomic E-state index is 15.1. The first-order valence-electron chi connectivity index (χ1n) is 24.7. The molecule has 1 saturated heterocycles. The number of amides is 4. The van der Waals surface area contributed by atoms with Crippen LogP contribution in [0.25, 0.3) is 22.0 Å². The minimum absolute atomic E-state index is 0. The largest absolute Gasteiger partial charge is 0.497 e. The lowest BCUT2D eigenvalue weighted by atomic mass is 9.88. The molecule has 16 heteroatoms. The number of nitrogens with zero attached hydrogens (tertiary/aromatic N) is 2. The number of hydrogen-bond donors (Lipinski definition) is 3. The van der Waals surface area contributed by atoms with Crippen LogP contribution in [0.1, 0.15) is 117 Å². The number of hydrogen-bond acceptors (Lipinski definition) is 10. The number of ether oxygens (including phenoxy) is 3. The van der Waals surface area contributed by atoms with Gasteiger partial charge in [-0.15, -0.1) is 0 Å². The van der Waals surface area contributed by atoms with Gasteiger partial charge in [0, 0.05) is 27.6 Å². The van der Waals surface area contributed by atoms with E-state index in [1.807, 2.05) is 58.9 Å². The molecule has 0 spiro atoms. The van der Waals surface area contributed by atoms with Crippen LogP contribution in [0, 0.1) is 41.3 Å². The predicted octanol–water partition coefficient (Wildman–Crippen LogP) is 9.21. The summed E-state index contributed by atoms with van der Waals surface area (Å²) in [6.07, 6.45) is 6.70. The topological polar surface area (TPSA) is 182 Å². The van der Waals surface area contributed by atoms with Crippen LogP contribution in [0.3, 0.4) is 0 Å². The molecule has 5 fully saturated rings. The lowest BCUT2D eigenvalue weighted by molar-refractivity contribution is -0.142. The highest BCUT2D eigenvalue weighted by Crippen LogP contribution is 2.58. The van der Waals surface area contributed by atoms with Crippen LogP contribution < -0.4 is 24.8 Å². The fraction of sp³-hybridized carbons (Fsp3) is 0.596. The van der Waals surface area contributed by atoms with Gasteiger partial charge in [0.25, 0.3) is 5.91 Å². The van der Waals surface area contributed by atoms with E-state index in [-0.39, 0.29) is 47.5 Å². The van der Waals surface area contributed by atoms with Crippen LogP contribution in [0.2, 0.25) is 0 Å². The van der Waals surface area contributed by atoms with Gasteiger partial charge in [-0.2, -0.15) is 0 Å². The molecule has 68 heavy (non-hydrogen) atoms. The van der Waals surface area contributed by atoms with Gasteiger partial charge in [0.2, 0.25) is 27.7 Å². The smallest absolute Gasteiger partial charge is 0.408 e. The summed E-state index contributed by atoms with van der Waals surface area (Å²) >= 11 is 0. The number of carbonyl (C=O) groups is 4. The number of aromatic nitrogens is 1. The quantitative estimate of drug-likeness (QED) is 0.175. The van der Waals surface area contributed by atoms with E-state index in [9.17, 15) is 27.2 Å². The van der Waals surface area contributed by atoms with Crippen molar-refractivity contribution < 1.29 is 50.5 Å². The van der Waals surface area contributed by atoms with Crippen molar-refractivity contribution in [2.75, 3.05) is 13.7 Å². The van der Waals surface area contributed by atoms with E-state index >= 15 is 4.79 Å². The van der Waals surface area contributed by atoms with Crippen molar-refractivity contribution in [2.45, 2.75) is 148 Å². The average Bonchev–Trinajstić information content (AvgIpc) is 4.25. The Balaban J connectivity index is 0.00000153. The Morgan fingerprint density at radius 2 is 1.63 bits per heavy atom. The normalized spacial score (nSPS) is 31.8. The van der Waals surface area contributed by atoms with E-state index in [1.54, 1.807) is 38.3 Å². The summed E-state index contributed by atoms with van der Waals surface area (Å²) in [5.41, 5.74) is -0.445. The predicted molar refractivity (Wildman–Crippen MR) is 265 cm³/mol. The van der Waals surface area contributed by atoms with Crippen LogP contribution in [-0.4, -0.2) is 90.3 Å². The first-order chi connectivity index (χ1) is 32.5. The molecule has 376 valence electrons. The fourth-order valence-electron chi connectivity index (χ4n) is 10.5. The van der Waals surface area contributed by atoms with E-state index in [1.165, 1.54) is 17.0 Å². The molecule has 4 saturated carbocycles. The Morgan fingerprint density at radius 1 is 0.941 bits per heavy atom. The third-order valence-electron chi connectivity index (χ3n) is 15.0. The first kappa shape index (κ1) is 50.6. The number of nitrogens with one attached hydrogen (secondary N) is 3. The van der Waals surface area contributed by atoms with Gasteiger partial charge >= 0.3 is 6.09 Å². The Labute approximate surface area is 405 Å². The molecule has 9 rings (SSSR count). The van der Waals surface area contributed by atoms with E-state index < -0.39 is 74.0 Å². The number of carbonyl (C=O) groups excluding carboxylic acids is 4. The second-order valence-corrected chi connectivity index (χ2v) is 21.9. The van der Waals surface area contributed by atoms with Crippen LogP contribution in [0.5, 0.6) is 11.6 Å². The highest BCUT2D eigenvalue weighted by atomic mass is 32.2. The van der Waals surface area contributed by atoms with Crippen molar-refractivity contribution in [3.63, 3.8) is 0 Å². The van der Waals surface area contributed by atoms with Crippen molar-refractivity contribution in [1.29, 1.82) is 0 Å². The molecule has 3 aromatic rings. The zero-order valence-electron chi connectivity index (χ0n) is 41.0.